The van der Waals surface area contributed by atoms with Gasteiger partial charge in [0.05, 0.1) is 10.7 Å². The Morgan fingerprint density at radius 3 is 2.78 bits per heavy atom. The van der Waals surface area contributed by atoms with E-state index >= 15 is 0 Å². The second-order valence-electron chi connectivity index (χ2n) is 3.61. The molecule has 0 unspecified atom stereocenters. The number of amidine groups is 1. The summed E-state index contributed by atoms with van der Waals surface area (Å²) < 4.78 is 27.7. The number of rotatable bonds is 2. The van der Waals surface area contributed by atoms with Crippen LogP contribution in [0.25, 0.3) is 0 Å². The number of fused-ring (bicyclic) bond motifs is 1. The van der Waals surface area contributed by atoms with Crippen LogP contribution in [0.1, 0.15) is 13.3 Å². The standard InChI is InChI=1S/C10H10Cl2N2O2S2/c1-2-3-17-10-13-8-5-6(11)4-7(12)9(8)18(15,16)14-10/h4-5H,2-3H2,1H3,(H,13,14). The summed E-state index contributed by atoms with van der Waals surface area (Å²) in [5.41, 5.74) is 0.376. The number of nitrogens with one attached hydrogen (secondary N) is 1. The van der Waals surface area contributed by atoms with Gasteiger partial charge in [-0.15, -0.1) is 4.40 Å². The Balaban J connectivity index is 2.48. The smallest absolute Gasteiger partial charge is 0.288 e. The van der Waals surface area contributed by atoms with Crippen LogP contribution in [0.4, 0.5) is 5.69 Å². The van der Waals surface area contributed by atoms with Crippen molar-refractivity contribution in [2.75, 3.05) is 11.1 Å². The van der Waals surface area contributed by atoms with Crippen molar-refractivity contribution in [2.24, 2.45) is 4.40 Å². The zero-order valence-electron chi connectivity index (χ0n) is 9.41. The van der Waals surface area contributed by atoms with Gasteiger partial charge in [-0.3, -0.25) is 0 Å². The molecule has 1 aliphatic heterocycles. The molecule has 0 atom stereocenters. The molecule has 2 rings (SSSR count). The highest BCUT2D eigenvalue weighted by molar-refractivity contribution is 8.14. The molecule has 18 heavy (non-hydrogen) atoms. The first kappa shape index (κ1) is 14.0. The first-order chi connectivity index (χ1) is 8.44. The lowest BCUT2D eigenvalue weighted by molar-refractivity contribution is 0.598. The minimum Gasteiger partial charge on any atom is -0.333 e. The number of halogens is 2. The molecule has 0 fully saturated rings. The molecule has 1 aromatic carbocycles. The van der Waals surface area contributed by atoms with Gasteiger partial charge in [0, 0.05) is 10.8 Å². The third-order valence-corrected chi connectivity index (χ3v) is 5.36. The van der Waals surface area contributed by atoms with Crippen LogP contribution < -0.4 is 5.32 Å². The highest BCUT2D eigenvalue weighted by Crippen LogP contribution is 2.37. The third-order valence-electron chi connectivity index (χ3n) is 2.15. The molecular formula is C10H10Cl2N2O2S2. The van der Waals surface area contributed by atoms with E-state index in [0.29, 0.717) is 15.9 Å². The molecule has 0 amide bonds. The zero-order valence-corrected chi connectivity index (χ0v) is 12.5. The largest absolute Gasteiger partial charge is 0.333 e. The minimum atomic E-state index is -3.76. The van der Waals surface area contributed by atoms with Crippen LogP contribution in [0, 0.1) is 0 Å². The summed E-state index contributed by atoms with van der Waals surface area (Å²) in [5.74, 6) is 0.783. The predicted octanol–water partition coefficient (Wildman–Crippen LogP) is 3.61. The summed E-state index contributed by atoms with van der Waals surface area (Å²) in [6.45, 7) is 2.01. The van der Waals surface area contributed by atoms with Gasteiger partial charge in [0.15, 0.2) is 5.17 Å². The van der Waals surface area contributed by atoms with Gasteiger partial charge in [-0.25, -0.2) is 0 Å². The van der Waals surface area contributed by atoms with Crippen LogP contribution in [-0.2, 0) is 10.0 Å². The second-order valence-corrected chi connectivity index (χ2v) is 7.08. The van der Waals surface area contributed by atoms with Crippen molar-refractivity contribution in [1.82, 2.24) is 0 Å². The molecule has 1 aromatic rings. The van der Waals surface area contributed by atoms with Crippen LogP contribution in [-0.4, -0.2) is 19.3 Å². The average Bonchev–Trinajstić information content (AvgIpc) is 2.23. The summed E-state index contributed by atoms with van der Waals surface area (Å²) in [7, 11) is -3.76. The molecular weight excluding hydrogens is 315 g/mol. The van der Waals surface area contributed by atoms with Gasteiger partial charge >= 0.3 is 0 Å². The van der Waals surface area contributed by atoms with Gasteiger partial charge in [-0.05, 0) is 18.6 Å². The molecule has 0 saturated carbocycles. The Hall–Kier alpha value is -0.430. The Morgan fingerprint density at radius 1 is 1.39 bits per heavy atom. The lowest BCUT2D eigenvalue weighted by atomic mass is 10.3. The molecule has 1 heterocycles. The van der Waals surface area contributed by atoms with Crippen molar-refractivity contribution in [2.45, 2.75) is 18.2 Å². The summed E-state index contributed by atoms with van der Waals surface area (Å²) in [4.78, 5) is -0.0191. The SMILES string of the molecule is CCCSC1=NS(=O)(=O)c2c(Cl)cc(Cl)cc2N1. The van der Waals surface area contributed by atoms with Crippen molar-refractivity contribution in [1.29, 1.82) is 0 Å². The fraction of sp³-hybridized carbons (Fsp3) is 0.300. The van der Waals surface area contributed by atoms with E-state index in [1.807, 2.05) is 6.92 Å². The zero-order chi connectivity index (χ0) is 13.3. The number of thioether (sulfide) groups is 1. The summed E-state index contributed by atoms with van der Waals surface area (Å²) in [5, 5.41) is 3.74. The number of benzene rings is 1. The average molecular weight is 325 g/mol. The first-order valence-electron chi connectivity index (χ1n) is 5.18. The molecule has 0 spiro atoms. The van der Waals surface area contributed by atoms with Crippen LogP contribution in [0.5, 0.6) is 0 Å². The predicted molar refractivity (Wildman–Crippen MR) is 77.5 cm³/mol. The molecule has 0 bridgehead atoms. The van der Waals surface area contributed by atoms with Crippen LogP contribution >= 0.6 is 35.0 Å². The Labute approximate surface area is 120 Å². The normalized spacial score (nSPS) is 16.7. The van der Waals surface area contributed by atoms with Gasteiger partial charge in [-0.2, -0.15) is 8.42 Å². The third kappa shape index (κ3) is 2.77. The Morgan fingerprint density at radius 2 is 2.11 bits per heavy atom. The fourth-order valence-corrected chi connectivity index (χ4v) is 4.39. The van der Waals surface area contributed by atoms with Crippen LogP contribution in [0.3, 0.4) is 0 Å². The minimum absolute atomic E-state index is 0.0191. The summed E-state index contributed by atoms with van der Waals surface area (Å²) in [6, 6.07) is 2.92. The molecule has 4 nitrogen and oxygen atoms in total. The van der Waals surface area contributed by atoms with E-state index in [9.17, 15) is 8.42 Å². The fourth-order valence-electron chi connectivity index (χ4n) is 1.47. The molecule has 0 aliphatic carbocycles. The number of anilines is 1. The van der Waals surface area contributed by atoms with Gasteiger partial charge in [-0.1, -0.05) is 41.9 Å². The quantitative estimate of drug-likeness (QED) is 0.902. The van der Waals surface area contributed by atoms with E-state index in [0.717, 1.165) is 12.2 Å². The molecule has 1 aliphatic rings. The molecule has 98 valence electrons. The Bertz CT molecular complexity index is 615. The molecule has 0 saturated heterocycles. The van der Waals surface area contributed by atoms with Crippen molar-refractivity contribution >= 4 is 55.8 Å². The van der Waals surface area contributed by atoms with Crippen LogP contribution in [0.2, 0.25) is 10.0 Å². The van der Waals surface area contributed by atoms with E-state index < -0.39 is 10.0 Å². The molecule has 0 radical (unpaired) electrons. The molecule has 1 N–H and O–H groups in total. The second kappa shape index (κ2) is 5.28. The van der Waals surface area contributed by atoms with Crippen LogP contribution in [0.15, 0.2) is 21.4 Å². The van der Waals surface area contributed by atoms with E-state index in [2.05, 4.69) is 9.71 Å². The number of hydrogen-bond acceptors (Lipinski definition) is 4. The first-order valence-corrected chi connectivity index (χ1v) is 8.36. The van der Waals surface area contributed by atoms with Gasteiger partial charge in [0.2, 0.25) is 0 Å². The monoisotopic (exact) mass is 324 g/mol. The van der Waals surface area contributed by atoms with Crippen molar-refractivity contribution < 1.29 is 8.42 Å². The summed E-state index contributed by atoms with van der Waals surface area (Å²) >= 11 is 13.1. The maximum Gasteiger partial charge on any atom is 0.288 e. The van der Waals surface area contributed by atoms with E-state index in [1.54, 1.807) is 0 Å². The number of sulfonamides is 1. The highest BCUT2D eigenvalue weighted by Gasteiger charge is 2.28. The molecule has 8 heteroatoms. The lowest BCUT2D eigenvalue weighted by Crippen LogP contribution is -2.19. The van der Waals surface area contributed by atoms with E-state index in [-0.39, 0.29) is 9.92 Å². The summed E-state index contributed by atoms with van der Waals surface area (Å²) in [6.07, 6.45) is 0.925. The van der Waals surface area contributed by atoms with Crippen molar-refractivity contribution in [3.63, 3.8) is 0 Å². The lowest BCUT2D eigenvalue weighted by Gasteiger charge is -2.18. The number of hydrogen-bond donors (Lipinski definition) is 1. The maximum atomic E-state index is 12.0. The van der Waals surface area contributed by atoms with Crippen molar-refractivity contribution in [3.05, 3.63) is 22.2 Å². The van der Waals surface area contributed by atoms with Gasteiger partial charge in [0.1, 0.15) is 4.90 Å². The van der Waals surface area contributed by atoms with Gasteiger partial charge < -0.3 is 5.32 Å². The molecule has 0 aromatic heterocycles. The Kier molecular flexibility index (Phi) is 4.11. The van der Waals surface area contributed by atoms with E-state index in [4.69, 9.17) is 23.2 Å². The number of nitrogens with zero attached hydrogens (tertiary/aromatic N) is 1. The topological polar surface area (TPSA) is 58.5 Å². The van der Waals surface area contributed by atoms with Gasteiger partial charge in [0.25, 0.3) is 10.0 Å². The van der Waals surface area contributed by atoms with Crippen molar-refractivity contribution in [3.8, 4) is 0 Å². The highest BCUT2D eigenvalue weighted by atomic mass is 35.5. The van der Waals surface area contributed by atoms with E-state index in [1.165, 1.54) is 23.9 Å². The maximum absolute atomic E-state index is 12.0.